The Balaban J connectivity index is 3.32. The van der Waals surface area contributed by atoms with E-state index in [-0.39, 0.29) is 5.16 Å². The highest BCUT2D eigenvalue weighted by molar-refractivity contribution is 7.98. The lowest BCUT2D eigenvalue weighted by Crippen LogP contribution is -2.25. The number of alkyl halides is 3. The lowest BCUT2D eigenvalue weighted by atomic mass is 10.4. The molecule has 90 valence electrons. The van der Waals surface area contributed by atoms with Crippen LogP contribution in [0.3, 0.4) is 0 Å². The van der Waals surface area contributed by atoms with E-state index in [0.29, 0.717) is 19.0 Å². The van der Waals surface area contributed by atoms with Crippen LogP contribution in [0.2, 0.25) is 0 Å². The van der Waals surface area contributed by atoms with Crippen LogP contribution in [0.5, 0.6) is 0 Å². The minimum Gasteiger partial charge on any atom is -0.288 e. The first kappa shape index (κ1) is 13.1. The van der Waals surface area contributed by atoms with Crippen molar-refractivity contribution >= 4 is 11.8 Å². The number of aromatic nitrogens is 2. The standard InChI is InChI=1S/C9H11F3N2OS/c1-3-4-14-7(15)5-6(9(10,11)12)13-8(14)16-2/h5H,3-4H2,1-2H3. The molecule has 0 aliphatic carbocycles. The first-order valence-electron chi connectivity index (χ1n) is 4.63. The number of thioether (sulfide) groups is 1. The summed E-state index contributed by atoms with van der Waals surface area (Å²) >= 11 is 1.03. The Kier molecular flexibility index (Phi) is 4.01. The molecular weight excluding hydrogens is 241 g/mol. The molecule has 0 N–H and O–H groups in total. The Morgan fingerprint density at radius 3 is 2.56 bits per heavy atom. The van der Waals surface area contributed by atoms with Crippen molar-refractivity contribution in [3.8, 4) is 0 Å². The highest BCUT2D eigenvalue weighted by Crippen LogP contribution is 2.27. The largest absolute Gasteiger partial charge is 0.433 e. The Bertz CT molecular complexity index is 428. The van der Waals surface area contributed by atoms with E-state index in [1.807, 2.05) is 6.92 Å². The number of halogens is 3. The molecule has 0 atom stereocenters. The zero-order valence-corrected chi connectivity index (χ0v) is 9.65. The summed E-state index contributed by atoms with van der Waals surface area (Å²) in [5, 5.41) is 0.0988. The van der Waals surface area contributed by atoms with Crippen molar-refractivity contribution in [2.45, 2.75) is 31.2 Å². The van der Waals surface area contributed by atoms with Crippen LogP contribution in [0.15, 0.2) is 16.0 Å². The molecule has 0 aromatic carbocycles. The van der Waals surface area contributed by atoms with Gasteiger partial charge in [-0.1, -0.05) is 18.7 Å². The van der Waals surface area contributed by atoms with Gasteiger partial charge in [0.1, 0.15) is 0 Å². The maximum Gasteiger partial charge on any atom is 0.433 e. The van der Waals surface area contributed by atoms with Gasteiger partial charge in [0.05, 0.1) is 0 Å². The predicted molar refractivity (Wildman–Crippen MR) is 55.6 cm³/mol. The average Bonchev–Trinajstić information content (AvgIpc) is 2.19. The minimum absolute atomic E-state index is 0.0988. The molecule has 0 spiro atoms. The van der Waals surface area contributed by atoms with Crippen LogP contribution < -0.4 is 5.56 Å². The first-order chi connectivity index (χ1) is 7.40. The number of rotatable bonds is 3. The molecule has 0 unspecified atom stereocenters. The van der Waals surface area contributed by atoms with Crippen LogP contribution in [0, 0.1) is 0 Å². The smallest absolute Gasteiger partial charge is 0.288 e. The molecule has 0 saturated carbocycles. The molecule has 0 fully saturated rings. The second kappa shape index (κ2) is 4.90. The first-order valence-corrected chi connectivity index (χ1v) is 5.85. The summed E-state index contributed by atoms with van der Waals surface area (Å²) < 4.78 is 38.4. The third kappa shape index (κ3) is 2.78. The van der Waals surface area contributed by atoms with E-state index in [1.54, 1.807) is 6.26 Å². The van der Waals surface area contributed by atoms with Crippen molar-refractivity contribution in [1.29, 1.82) is 0 Å². The van der Waals surface area contributed by atoms with Crippen molar-refractivity contribution in [2.75, 3.05) is 6.26 Å². The number of hydrogen-bond acceptors (Lipinski definition) is 3. The van der Waals surface area contributed by atoms with Crippen LogP contribution in [0.25, 0.3) is 0 Å². The van der Waals surface area contributed by atoms with Gasteiger partial charge in [-0.2, -0.15) is 13.2 Å². The Morgan fingerprint density at radius 1 is 1.50 bits per heavy atom. The fraction of sp³-hybridized carbons (Fsp3) is 0.556. The summed E-state index contributed by atoms with van der Waals surface area (Å²) in [7, 11) is 0. The fourth-order valence-electron chi connectivity index (χ4n) is 1.22. The van der Waals surface area contributed by atoms with E-state index in [0.717, 1.165) is 11.8 Å². The highest BCUT2D eigenvalue weighted by Gasteiger charge is 2.33. The van der Waals surface area contributed by atoms with Gasteiger partial charge in [0.2, 0.25) is 0 Å². The fourth-order valence-corrected chi connectivity index (χ4v) is 1.81. The summed E-state index contributed by atoms with van der Waals surface area (Å²) in [5.74, 6) is 0. The molecule has 0 amide bonds. The molecule has 1 aromatic heterocycles. The predicted octanol–water partition coefficient (Wildman–Crippen LogP) is 2.39. The lowest BCUT2D eigenvalue weighted by molar-refractivity contribution is -0.141. The van der Waals surface area contributed by atoms with Crippen LogP contribution in [0.1, 0.15) is 19.0 Å². The Hall–Kier alpha value is -0.980. The van der Waals surface area contributed by atoms with Crippen molar-refractivity contribution in [2.24, 2.45) is 0 Å². The zero-order valence-electron chi connectivity index (χ0n) is 8.84. The quantitative estimate of drug-likeness (QED) is 0.612. The van der Waals surface area contributed by atoms with Crippen LogP contribution in [-0.2, 0) is 12.7 Å². The molecule has 16 heavy (non-hydrogen) atoms. The zero-order chi connectivity index (χ0) is 12.3. The summed E-state index contributed by atoms with van der Waals surface area (Å²) in [6.07, 6.45) is -2.32. The van der Waals surface area contributed by atoms with Gasteiger partial charge in [0.15, 0.2) is 10.9 Å². The third-order valence-corrected chi connectivity index (χ3v) is 2.57. The van der Waals surface area contributed by atoms with E-state index in [4.69, 9.17) is 0 Å². The van der Waals surface area contributed by atoms with Gasteiger partial charge >= 0.3 is 6.18 Å². The molecule has 1 heterocycles. The van der Waals surface area contributed by atoms with Crippen molar-refractivity contribution in [1.82, 2.24) is 9.55 Å². The summed E-state index contributed by atoms with van der Waals surface area (Å²) in [6, 6.07) is 0.537. The van der Waals surface area contributed by atoms with Gasteiger partial charge in [-0.15, -0.1) is 0 Å². The van der Waals surface area contributed by atoms with Gasteiger partial charge in [-0.25, -0.2) is 4.98 Å². The van der Waals surface area contributed by atoms with Gasteiger partial charge in [-0.3, -0.25) is 9.36 Å². The van der Waals surface area contributed by atoms with E-state index < -0.39 is 17.4 Å². The molecule has 0 radical (unpaired) electrons. The van der Waals surface area contributed by atoms with Crippen molar-refractivity contribution < 1.29 is 13.2 Å². The second-order valence-electron chi connectivity index (χ2n) is 3.12. The number of hydrogen-bond donors (Lipinski definition) is 0. The molecule has 0 saturated heterocycles. The van der Waals surface area contributed by atoms with Crippen molar-refractivity contribution in [3.05, 3.63) is 22.1 Å². The van der Waals surface area contributed by atoms with Gasteiger partial charge < -0.3 is 0 Å². The Labute approximate surface area is 94.7 Å². The summed E-state index contributed by atoms with van der Waals surface area (Å²) in [5.41, 5.74) is -1.79. The minimum atomic E-state index is -4.57. The molecule has 0 aliphatic heterocycles. The molecule has 7 heteroatoms. The summed E-state index contributed by atoms with van der Waals surface area (Å²) in [4.78, 5) is 14.9. The van der Waals surface area contributed by atoms with Crippen LogP contribution >= 0.6 is 11.8 Å². The van der Waals surface area contributed by atoms with E-state index in [9.17, 15) is 18.0 Å². The monoisotopic (exact) mass is 252 g/mol. The van der Waals surface area contributed by atoms with Crippen molar-refractivity contribution in [3.63, 3.8) is 0 Å². The summed E-state index contributed by atoms with van der Waals surface area (Å²) in [6.45, 7) is 2.22. The van der Waals surface area contributed by atoms with Gasteiger partial charge in [-0.05, 0) is 12.7 Å². The molecule has 0 aliphatic rings. The maximum absolute atomic E-state index is 12.4. The SMILES string of the molecule is CCCn1c(SC)nc(C(F)(F)F)cc1=O. The molecule has 3 nitrogen and oxygen atoms in total. The highest BCUT2D eigenvalue weighted by atomic mass is 32.2. The Morgan fingerprint density at radius 2 is 2.12 bits per heavy atom. The second-order valence-corrected chi connectivity index (χ2v) is 3.89. The topological polar surface area (TPSA) is 34.9 Å². The lowest BCUT2D eigenvalue weighted by Gasteiger charge is -2.12. The average molecular weight is 252 g/mol. The third-order valence-electron chi connectivity index (χ3n) is 1.89. The van der Waals surface area contributed by atoms with Gasteiger partial charge in [0, 0.05) is 12.6 Å². The molecule has 1 rings (SSSR count). The molecule has 0 bridgehead atoms. The number of nitrogens with zero attached hydrogens (tertiary/aromatic N) is 2. The van der Waals surface area contributed by atoms with E-state index >= 15 is 0 Å². The van der Waals surface area contributed by atoms with Crippen LogP contribution in [-0.4, -0.2) is 15.8 Å². The van der Waals surface area contributed by atoms with Gasteiger partial charge in [0.25, 0.3) is 5.56 Å². The van der Waals surface area contributed by atoms with E-state index in [2.05, 4.69) is 4.98 Å². The van der Waals surface area contributed by atoms with Crippen LogP contribution in [0.4, 0.5) is 13.2 Å². The normalized spacial score (nSPS) is 11.8. The maximum atomic E-state index is 12.4. The van der Waals surface area contributed by atoms with E-state index in [1.165, 1.54) is 4.57 Å². The molecular formula is C9H11F3N2OS. The molecule has 1 aromatic rings.